The molecule has 1 saturated heterocycles. The summed E-state index contributed by atoms with van der Waals surface area (Å²) in [5.74, 6) is 1.44. The van der Waals surface area contributed by atoms with Gasteiger partial charge in [0, 0.05) is 17.9 Å². The first kappa shape index (κ1) is 14.1. The van der Waals surface area contributed by atoms with Gasteiger partial charge in [-0.3, -0.25) is 5.32 Å². The number of nitrogens with one attached hydrogen (secondary N) is 1. The van der Waals surface area contributed by atoms with E-state index >= 15 is 0 Å². The molecule has 0 saturated carbocycles. The van der Waals surface area contributed by atoms with Crippen LogP contribution in [0.1, 0.15) is 24.8 Å². The lowest BCUT2D eigenvalue weighted by molar-refractivity contribution is 0.0916. The molecule has 4 nitrogen and oxygen atoms in total. The Morgan fingerprint density at radius 3 is 3.04 bits per heavy atom. The second-order valence-corrected chi connectivity index (χ2v) is 6.11. The molecular weight excluding hydrogens is 290 g/mol. The van der Waals surface area contributed by atoms with Gasteiger partial charge in [-0.2, -0.15) is 0 Å². The molecule has 0 bridgehead atoms. The molecule has 0 aromatic heterocycles. The molecule has 1 amide bonds. The third-order valence-electron chi connectivity index (χ3n) is 4.56. The van der Waals surface area contributed by atoms with Crippen molar-refractivity contribution in [3.8, 4) is 0 Å². The SMILES string of the molecule is O=C(NC1CC2CCC3=CC=CC3=C2O1)OCc1ccccc1. The molecule has 1 fully saturated rings. The molecule has 1 aliphatic heterocycles. The molecule has 1 aromatic carbocycles. The first-order chi connectivity index (χ1) is 11.3. The standard InChI is InChI=1S/C19H19NO3/c21-19(22-12-13-5-2-1-3-6-13)20-17-11-15-10-9-14-7-4-8-16(14)18(15)23-17/h1-8,15,17H,9-12H2,(H,20,21). The van der Waals surface area contributed by atoms with E-state index in [1.165, 1.54) is 11.1 Å². The van der Waals surface area contributed by atoms with Gasteiger partial charge in [0.1, 0.15) is 12.4 Å². The average Bonchev–Trinajstić information content (AvgIpc) is 3.19. The van der Waals surface area contributed by atoms with Crippen LogP contribution < -0.4 is 5.32 Å². The Labute approximate surface area is 135 Å². The molecule has 1 N–H and O–H groups in total. The molecule has 4 rings (SSSR count). The molecule has 1 heterocycles. The van der Waals surface area contributed by atoms with Gasteiger partial charge in [-0.25, -0.2) is 4.79 Å². The summed E-state index contributed by atoms with van der Waals surface area (Å²) in [6.45, 7) is 0.270. The largest absolute Gasteiger partial charge is 0.474 e. The fraction of sp³-hybridized carbons (Fsp3) is 0.316. The van der Waals surface area contributed by atoms with Crippen molar-refractivity contribution in [3.05, 3.63) is 71.0 Å². The zero-order valence-corrected chi connectivity index (χ0v) is 12.8. The van der Waals surface area contributed by atoms with Crippen LogP contribution >= 0.6 is 0 Å². The third kappa shape index (κ3) is 2.89. The van der Waals surface area contributed by atoms with E-state index in [0.717, 1.165) is 30.6 Å². The molecule has 2 aliphatic carbocycles. The van der Waals surface area contributed by atoms with Crippen LogP contribution in [0.15, 0.2) is 65.5 Å². The number of hydrogen-bond donors (Lipinski definition) is 1. The van der Waals surface area contributed by atoms with E-state index in [9.17, 15) is 4.79 Å². The number of fused-ring (bicyclic) bond motifs is 2. The van der Waals surface area contributed by atoms with Crippen LogP contribution in [0.3, 0.4) is 0 Å². The van der Waals surface area contributed by atoms with Crippen LogP contribution in [0.2, 0.25) is 0 Å². The zero-order valence-electron chi connectivity index (χ0n) is 12.8. The highest BCUT2D eigenvalue weighted by molar-refractivity contribution is 5.67. The summed E-state index contributed by atoms with van der Waals surface area (Å²) in [6.07, 6.45) is 8.59. The van der Waals surface area contributed by atoms with Gasteiger partial charge in [0.15, 0.2) is 6.23 Å². The van der Waals surface area contributed by atoms with E-state index in [1.54, 1.807) is 0 Å². The molecule has 23 heavy (non-hydrogen) atoms. The zero-order chi connectivity index (χ0) is 15.6. The fourth-order valence-corrected chi connectivity index (χ4v) is 3.43. The number of carbonyl (C=O) groups excluding carboxylic acids is 1. The fourth-order valence-electron chi connectivity index (χ4n) is 3.43. The minimum Gasteiger partial charge on any atom is -0.474 e. The molecule has 4 heteroatoms. The Hall–Kier alpha value is -2.49. The number of ether oxygens (including phenoxy) is 2. The minimum atomic E-state index is -0.430. The predicted octanol–water partition coefficient (Wildman–Crippen LogP) is 3.82. The first-order valence-electron chi connectivity index (χ1n) is 8.05. The number of allylic oxidation sites excluding steroid dienone is 6. The molecule has 3 aliphatic rings. The minimum absolute atomic E-state index is 0.270. The van der Waals surface area contributed by atoms with Gasteiger partial charge < -0.3 is 9.47 Å². The maximum absolute atomic E-state index is 12.0. The Morgan fingerprint density at radius 1 is 1.30 bits per heavy atom. The van der Waals surface area contributed by atoms with Crippen LogP contribution in [-0.4, -0.2) is 12.3 Å². The van der Waals surface area contributed by atoms with Gasteiger partial charge in [0.25, 0.3) is 0 Å². The van der Waals surface area contributed by atoms with Crippen molar-refractivity contribution in [2.45, 2.75) is 32.1 Å². The average molecular weight is 309 g/mol. The maximum atomic E-state index is 12.0. The van der Waals surface area contributed by atoms with E-state index in [2.05, 4.69) is 23.5 Å². The Balaban J connectivity index is 1.34. The van der Waals surface area contributed by atoms with Gasteiger partial charge >= 0.3 is 6.09 Å². The summed E-state index contributed by atoms with van der Waals surface area (Å²) < 4.78 is 11.2. The number of hydrogen-bond acceptors (Lipinski definition) is 3. The third-order valence-corrected chi connectivity index (χ3v) is 4.56. The topological polar surface area (TPSA) is 47.6 Å². The van der Waals surface area contributed by atoms with E-state index in [1.807, 2.05) is 30.3 Å². The summed E-state index contributed by atoms with van der Waals surface area (Å²) >= 11 is 0. The highest BCUT2D eigenvalue weighted by atomic mass is 16.6. The van der Waals surface area contributed by atoms with Crippen LogP contribution in [0.25, 0.3) is 0 Å². The summed E-state index contributed by atoms with van der Waals surface area (Å²) in [5.41, 5.74) is 3.53. The van der Waals surface area contributed by atoms with E-state index in [4.69, 9.17) is 9.47 Å². The van der Waals surface area contributed by atoms with Gasteiger partial charge in [-0.1, -0.05) is 48.6 Å². The Bertz CT molecular complexity index is 703. The summed E-state index contributed by atoms with van der Waals surface area (Å²) in [4.78, 5) is 12.0. The van der Waals surface area contributed by atoms with E-state index < -0.39 is 6.09 Å². The number of rotatable bonds is 3. The van der Waals surface area contributed by atoms with E-state index in [-0.39, 0.29) is 12.8 Å². The van der Waals surface area contributed by atoms with Crippen molar-refractivity contribution in [1.82, 2.24) is 5.32 Å². The van der Waals surface area contributed by atoms with Crippen molar-refractivity contribution >= 4 is 6.09 Å². The monoisotopic (exact) mass is 309 g/mol. The van der Waals surface area contributed by atoms with Crippen LogP contribution in [0.5, 0.6) is 0 Å². The second kappa shape index (κ2) is 5.95. The maximum Gasteiger partial charge on any atom is 0.410 e. The Kier molecular flexibility index (Phi) is 3.66. The van der Waals surface area contributed by atoms with Crippen molar-refractivity contribution in [3.63, 3.8) is 0 Å². The van der Waals surface area contributed by atoms with E-state index in [0.29, 0.717) is 5.92 Å². The van der Waals surface area contributed by atoms with Gasteiger partial charge in [-0.05, 0) is 24.0 Å². The quantitative estimate of drug-likeness (QED) is 0.923. The highest BCUT2D eigenvalue weighted by Gasteiger charge is 2.37. The summed E-state index contributed by atoms with van der Waals surface area (Å²) in [7, 11) is 0. The smallest absolute Gasteiger partial charge is 0.410 e. The summed E-state index contributed by atoms with van der Waals surface area (Å²) in [6, 6.07) is 9.65. The van der Waals surface area contributed by atoms with Gasteiger partial charge in [0.2, 0.25) is 0 Å². The number of carbonyl (C=O) groups is 1. The lowest BCUT2D eigenvalue weighted by atomic mass is 9.86. The first-order valence-corrected chi connectivity index (χ1v) is 8.05. The highest BCUT2D eigenvalue weighted by Crippen LogP contribution is 2.44. The number of benzene rings is 1. The van der Waals surface area contributed by atoms with Gasteiger partial charge in [-0.15, -0.1) is 0 Å². The lowest BCUT2D eigenvalue weighted by Gasteiger charge is -2.20. The van der Waals surface area contributed by atoms with Crippen LogP contribution in [-0.2, 0) is 16.1 Å². The van der Waals surface area contributed by atoms with Gasteiger partial charge in [0.05, 0.1) is 0 Å². The van der Waals surface area contributed by atoms with Crippen LogP contribution in [0, 0.1) is 5.92 Å². The molecule has 0 radical (unpaired) electrons. The normalized spacial score (nSPS) is 24.6. The van der Waals surface area contributed by atoms with Crippen molar-refractivity contribution < 1.29 is 14.3 Å². The second-order valence-electron chi connectivity index (χ2n) is 6.11. The Morgan fingerprint density at radius 2 is 2.17 bits per heavy atom. The molecule has 2 atom stereocenters. The predicted molar refractivity (Wildman–Crippen MR) is 86.2 cm³/mol. The number of alkyl carbamates (subject to hydrolysis) is 1. The molecule has 1 aromatic rings. The molecular formula is C19H19NO3. The van der Waals surface area contributed by atoms with Crippen molar-refractivity contribution in [2.24, 2.45) is 5.92 Å². The van der Waals surface area contributed by atoms with Crippen molar-refractivity contribution in [2.75, 3.05) is 0 Å². The molecule has 118 valence electrons. The molecule has 2 unspecified atom stereocenters. The van der Waals surface area contributed by atoms with Crippen molar-refractivity contribution in [1.29, 1.82) is 0 Å². The molecule has 0 spiro atoms. The lowest BCUT2D eigenvalue weighted by Crippen LogP contribution is -2.34. The summed E-state index contributed by atoms with van der Waals surface area (Å²) in [5, 5.41) is 2.82. The van der Waals surface area contributed by atoms with Crippen LogP contribution in [0.4, 0.5) is 4.79 Å². The number of amides is 1.